The van der Waals surface area contributed by atoms with Gasteiger partial charge in [0.25, 0.3) is 0 Å². The van der Waals surface area contributed by atoms with Crippen molar-refractivity contribution in [1.82, 2.24) is 24.5 Å². The maximum Gasteiger partial charge on any atom is 0.227 e. The molecule has 27 heavy (non-hydrogen) atoms. The van der Waals surface area contributed by atoms with Gasteiger partial charge in [0, 0.05) is 25.0 Å². The monoisotopic (exact) mass is 369 g/mol. The van der Waals surface area contributed by atoms with Crippen LogP contribution < -0.4 is 10.6 Å². The number of hydrogen-bond donors (Lipinski definition) is 3. The third-order valence-corrected chi connectivity index (χ3v) is 4.50. The molecule has 0 bridgehead atoms. The van der Waals surface area contributed by atoms with Crippen molar-refractivity contribution >= 4 is 22.9 Å². The van der Waals surface area contributed by atoms with Gasteiger partial charge < -0.3 is 20.3 Å². The Hall–Kier alpha value is -2.74. The SMILES string of the molecule is CC[C@H](Nc1nc(NCc2cccnc2)c2ncn(C(C)C)c2n1)[C@H](C)O. The third kappa shape index (κ3) is 4.33. The van der Waals surface area contributed by atoms with Gasteiger partial charge in [-0.2, -0.15) is 9.97 Å². The highest BCUT2D eigenvalue weighted by atomic mass is 16.3. The molecule has 0 spiro atoms. The van der Waals surface area contributed by atoms with Crippen molar-refractivity contribution in [1.29, 1.82) is 0 Å². The van der Waals surface area contributed by atoms with Crippen molar-refractivity contribution < 1.29 is 5.11 Å². The minimum absolute atomic E-state index is 0.121. The van der Waals surface area contributed by atoms with Crippen LogP contribution in [0.15, 0.2) is 30.9 Å². The van der Waals surface area contributed by atoms with Gasteiger partial charge in [-0.3, -0.25) is 4.98 Å². The number of hydrogen-bond acceptors (Lipinski definition) is 7. The Morgan fingerprint density at radius 3 is 2.67 bits per heavy atom. The molecule has 8 nitrogen and oxygen atoms in total. The predicted molar refractivity (Wildman–Crippen MR) is 107 cm³/mol. The van der Waals surface area contributed by atoms with Crippen molar-refractivity contribution in [3.63, 3.8) is 0 Å². The summed E-state index contributed by atoms with van der Waals surface area (Å²) in [6, 6.07) is 4.01. The zero-order chi connectivity index (χ0) is 19.4. The standard InChI is InChI=1S/C19H27N7O/c1-5-15(13(4)27)23-19-24-17(21-10-14-7-6-8-20-9-14)16-18(25-19)26(11-22-16)12(2)3/h6-9,11-13,15,27H,5,10H2,1-4H3,(H2,21,23,24,25)/t13-,15-/m0/s1. The summed E-state index contributed by atoms with van der Waals surface area (Å²) >= 11 is 0. The highest BCUT2D eigenvalue weighted by molar-refractivity contribution is 5.84. The van der Waals surface area contributed by atoms with Crippen molar-refractivity contribution in [3.05, 3.63) is 36.4 Å². The minimum Gasteiger partial charge on any atom is -0.391 e. The molecule has 0 aliphatic heterocycles. The number of fused-ring (bicyclic) bond motifs is 1. The Balaban J connectivity index is 1.96. The van der Waals surface area contributed by atoms with Crippen LogP contribution in [0.2, 0.25) is 0 Å². The number of aliphatic hydroxyl groups excluding tert-OH is 1. The number of nitrogens with one attached hydrogen (secondary N) is 2. The average Bonchev–Trinajstić information content (AvgIpc) is 3.09. The normalized spacial score (nSPS) is 13.7. The summed E-state index contributed by atoms with van der Waals surface area (Å²) in [5.74, 6) is 1.14. The van der Waals surface area contributed by atoms with Crippen LogP contribution in [0.4, 0.5) is 11.8 Å². The molecule has 0 saturated heterocycles. The van der Waals surface area contributed by atoms with Gasteiger partial charge in [-0.25, -0.2) is 4.98 Å². The Bertz CT molecular complexity index is 876. The molecule has 3 N–H and O–H groups in total. The molecule has 8 heteroatoms. The van der Waals surface area contributed by atoms with Crippen molar-refractivity contribution in [3.8, 4) is 0 Å². The summed E-state index contributed by atoms with van der Waals surface area (Å²) in [6.07, 6.45) is 5.61. The second-order valence-corrected chi connectivity index (χ2v) is 6.93. The molecular weight excluding hydrogens is 342 g/mol. The van der Waals surface area contributed by atoms with Crippen LogP contribution in [0.5, 0.6) is 0 Å². The van der Waals surface area contributed by atoms with Crippen LogP contribution in [0.25, 0.3) is 11.2 Å². The lowest BCUT2D eigenvalue weighted by Crippen LogP contribution is -2.31. The van der Waals surface area contributed by atoms with E-state index in [9.17, 15) is 5.11 Å². The van der Waals surface area contributed by atoms with E-state index >= 15 is 0 Å². The molecule has 3 heterocycles. The largest absolute Gasteiger partial charge is 0.391 e. The second-order valence-electron chi connectivity index (χ2n) is 6.93. The van der Waals surface area contributed by atoms with E-state index in [2.05, 4.69) is 44.4 Å². The maximum atomic E-state index is 9.95. The third-order valence-electron chi connectivity index (χ3n) is 4.50. The van der Waals surface area contributed by atoms with Crippen LogP contribution in [0.3, 0.4) is 0 Å². The van der Waals surface area contributed by atoms with Crippen LogP contribution in [0, 0.1) is 0 Å². The first-order chi connectivity index (χ1) is 13.0. The van der Waals surface area contributed by atoms with Crippen LogP contribution in [-0.2, 0) is 6.54 Å². The number of pyridine rings is 1. The lowest BCUT2D eigenvalue weighted by Gasteiger charge is -2.20. The average molecular weight is 369 g/mol. The fraction of sp³-hybridized carbons (Fsp3) is 0.474. The Morgan fingerprint density at radius 1 is 1.22 bits per heavy atom. The number of imidazole rings is 1. The van der Waals surface area contributed by atoms with Gasteiger partial charge in [0.1, 0.15) is 0 Å². The van der Waals surface area contributed by atoms with E-state index in [-0.39, 0.29) is 12.1 Å². The fourth-order valence-electron chi connectivity index (χ4n) is 2.90. The maximum absolute atomic E-state index is 9.95. The van der Waals surface area contributed by atoms with E-state index in [4.69, 9.17) is 0 Å². The molecule has 3 aromatic heterocycles. The molecule has 0 amide bonds. The molecule has 2 atom stereocenters. The van der Waals surface area contributed by atoms with E-state index in [0.29, 0.717) is 18.3 Å². The van der Waals surface area contributed by atoms with Gasteiger partial charge in [0.15, 0.2) is 17.0 Å². The number of nitrogens with zero attached hydrogens (tertiary/aromatic N) is 5. The summed E-state index contributed by atoms with van der Waals surface area (Å²) in [4.78, 5) is 17.9. The summed E-state index contributed by atoms with van der Waals surface area (Å²) < 4.78 is 2.01. The highest BCUT2D eigenvalue weighted by Gasteiger charge is 2.18. The molecule has 3 aromatic rings. The van der Waals surface area contributed by atoms with Gasteiger partial charge >= 0.3 is 0 Å². The minimum atomic E-state index is -0.504. The lowest BCUT2D eigenvalue weighted by molar-refractivity contribution is 0.169. The summed E-state index contributed by atoms with van der Waals surface area (Å²) in [5, 5.41) is 16.5. The van der Waals surface area contributed by atoms with Crippen LogP contribution >= 0.6 is 0 Å². The van der Waals surface area contributed by atoms with Crippen molar-refractivity contribution in [2.45, 2.75) is 58.8 Å². The Labute approximate surface area is 159 Å². The summed E-state index contributed by atoms with van der Waals surface area (Å²) in [7, 11) is 0. The quantitative estimate of drug-likeness (QED) is 0.561. The van der Waals surface area contributed by atoms with Crippen LogP contribution in [-0.4, -0.2) is 41.8 Å². The van der Waals surface area contributed by atoms with E-state index in [1.165, 1.54) is 0 Å². The molecule has 0 aliphatic rings. The zero-order valence-corrected chi connectivity index (χ0v) is 16.2. The first-order valence-electron chi connectivity index (χ1n) is 9.31. The number of aliphatic hydroxyl groups is 1. The number of aromatic nitrogens is 5. The van der Waals surface area contributed by atoms with E-state index < -0.39 is 6.10 Å². The highest BCUT2D eigenvalue weighted by Crippen LogP contribution is 2.24. The summed E-state index contributed by atoms with van der Waals surface area (Å²) in [5.41, 5.74) is 2.54. The smallest absolute Gasteiger partial charge is 0.227 e. The molecule has 0 unspecified atom stereocenters. The summed E-state index contributed by atoms with van der Waals surface area (Å²) in [6.45, 7) is 8.54. The topological polar surface area (TPSA) is 101 Å². The molecule has 0 radical (unpaired) electrons. The molecule has 144 valence electrons. The Kier molecular flexibility index (Phi) is 5.85. The van der Waals surface area contributed by atoms with Gasteiger partial charge in [-0.15, -0.1) is 0 Å². The molecule has 0 aromatic carbocycles. The Morgan fingerprint density at radius 2 is 2.04 bits per heavy atom. The second kappa shape index (κ2) is 8.30. The number of rotatable bonds is 8. The predicted octanol–water partition coefficient (Wildman–Crippen LogP) is 2.99. The molecule has 0 fully saturated rings. The van der Waals surface area contributed by atoms with Gasteiger partial charge in [-0.1, -0.05) is 13.0 Å². The van der Waals surface area contributed by atoms with E-state index in [0.717, 1.165) is 23.1 Å². The van der Waals surface area contributed by atoms with Crippen molar-refractivity contribution in [2.75, 3.05) is 10.6 Å². The van der Waals surface area contributed by atoms with E-state index in [1.54, 1.807) is 19.4 Å². The molecule has 0 aliphatic carbocycles. The first-order valence-corrected chi connectivity index (χ1v) is 9.31. The number of anilines is 2. The van der Waals surface area contributed by atoms with E-state index in [1.807, 2.05) is 29.8 Å². The fourth-order valence-corrected chi connectivity index (χ4v) is 2.90. The van der Waals surface area contributed by atoms with Crippen molar-refractivity contribution in [2.24, 2.45) is 0 Å². The first kappa shape index (κ1) is 19.0. The molecule has 3 rings (SSSR count). The lowest BCUT2D eigenvalue weighted by atomic mass is 10.1. The van der Waals surface area contributed by atoms with Gasteiger partial charge in [0.05, 0.1) is 18.5 Å². The van der Waals surface area contributed by atoms with Gasteiger partial charge in [0.2, 0.25) is 5.95 Å². The zero-order valence-electron chi connectivity index (χ0n) is 16.2. The van der Waals surface area contributed by atoms with Gasteiger partial charge in [-0.05, 0) is 38.8 Å². The molecular formula is C19H27N7O. The van der Waals surface area contributed by atoms with Crippen LogP contribution in [0.1, 0.15) is 45.7 Å². The molecule has 0 saturated carbocycles.